The Morgan fingerprint density at radius 1 is 1.02 bits per heavy atom. The number of ether oxygens (including phenoxy) is 2. The van der Waals surface area contributed by atoms with E-state index in [2.05, 4.69) is 25.3 Å². The lowest BCUT2D eigenvalue weighted by atomic mass is 9.87. The van der Waals surface area contributed by atoms with E-state index in [0.29, 0.717) is 59.8 Å². The van der Waals surface area contributed by atoms with Crippen LogP contribution in [-0.4, -0.2) is 58.9 Å². The first-order chi connectivity index (χ1) is 20.8. The zero-order valence-corrected chi connectivity index (χ0v) is 24.9. The number of fused-ring (bicyclic) bond motifs is 2. The molecular weight excluding hydrogens is 575 g/mol. The smallest absolute Gasteiger partial charge is 0.497 e. The summed E-state index contributed by atoms with van der Waals surface area (Å²) in [6.07, 6.45) is -3.96. The highest BCUT2D eigenvalue weighted by Crippen LogP contribution is 2.35. The quantitative estimate of drug-likeness (QED) is 0.239. The molecule has 0 aliphatic carbocycles. The van der Waals surface area contributed by atoms with Gasteiger partial charge in [-0.2, -0.15) is 0 Å². The third kappa shape index (κ3) is 7.24. The normalized spacial score (nSPS) is 13.4. The number of aromatic nitrogens is 2. The Morgan fingerprint density at radius 3 is 2.55 bits per heavy atom. The van der Waals surface area contributed by atoms with Crippen LogP contribution in [-0.2, 0) is 19.4 Å². The highest BCUT2D eigenvalue weighted by molar-refractivity contribution is 5.97. The molecule has 3 amide bonds. The van der Waals surface area contributed by atoms with Crippen molar-refractivity contribution in [3.8, 4) is 22.6 Å². The number of methoxy groups -OCH3 is 1. The number of hydrogen-bond donors (Lipinski definition) is 3. The van der Waals surface area contributed by atoms with Crippen LogP contribution in [0.3, 0.4) is 0 Å². The number of benzene rings is 3. The summed E-state index contributed by atoms with van der Waals surface area (Å²) >= 11 is 0. The van der Waals surface area contributed by atoms with Gasteiger partial charge < -0.3 is 30.0 Å². The zero-order valence-electron chi connectivity index (χ0n) is 24.9. The summed E-state index contributed by atoms with van der Waals surface area (Å²) in [5, 5.41) is 5.91. The lowest BCUT2D eigenvalue weighted by molar-refractivity contribution is -0.274. The predicted molar refractivity (Wildman–Crippen MR) is 160 cm³/mol. The molecular formula is C32H34F3N5O4. The lowest BCUT2D eigenvalue weighted by Gasteiger charge is -2.34. The van der Waals surface area contributed by atoms with Crippen molar-refractivity contribution in [1.29, 1.82) is 0 Å². The summed E-state index contributed by atoms with van der Waals surface area (Å²) in [4.78, 5) is 36.0. The van der Waals surface area contributed by atoms with Crippen molar-refractivity contribution >= 4 is 23.0 Å². The molecule has 0 bridgehead atoms. The summed E-state index contributed by atoms with van der Waals surface area (Å²) < 4.78 is 48.1. The van der Waals surface area contributed by atoms with E-state index in [1.807, 2.05) is 39.0 Å². The molecule has 0 radical (unpaired) electrons. The van der Waals surface area contributed by atoms with Crippen LogP contribution in [0.2, 0.25) is 0 Å². The van der Waals surface area contributed by atoms with E-state index in [0.717, 1.165) is 16.6 Å². The Morgan fingerprint density at radius 2 is 1.82 bits per heavy atom. The number of hydrogen-bond acceptors (Lipinski definition) is 5. The SMILES string of the molecule is COc1ccc2nc(CCNC(=O)c3ccc(-c4cccc(OC(F)(F)F)c4)c4c3CN(C(=O)NC(C)(C)C)CC4)[nH]c2c1. The molecule has 12 heteroatoms. The minimum Gasteiger partial charge on any atom is -0.497 e. The van der Waals surface area contributed by atoms with Crippen LogP contribution in [0.4, 0.5) is 18.0 Å². The second-order valence-corrected chi connectivity index (χ2v) is 11.6. The Balaban J connectivity index is 1.40. The van der Waals surface area contributed by atoms with Crippen molar-refractivity contribution in [3.63, 3.8) is 0 Å². The van der Waals surface area contributed by atoms with Crippen LogP contribution in [0, 0.1) is 0 Å². The topological polar surface area (TPSA) is 109 Å². The number of amides is 3. The van der Waals surface area contributed by atoms with E-state index >= 15 is 0 Å². The molecule has 0 saturated carbocycles. The summed E-state index contributed by atoms with van der Waals surface area (Å²) in [6, 6.07) is 14.4. The monoisotopic (exact) mass is 609 g/mol. The van der Waals surface area contributed by atoms with Gasteiger partial charge in [0.05, 0.1) is 18.1 Å². The molecule has 0 saturated heterocycles. The highest BCUT2D eigenvalue weighted by Gasteiger charge is 2.32. The van der Waals surface area contributed by atoms with Gasteiger partial charge in [-0.05, 0) is 79.8 Å². The number of nitrogens with zero attached hydrogens (tertiary/aromatic N) is 2. The fraction of sp³-hybridized carbons (Fsp3) is 0.344. The van der Waals surface area contributed by atoms with Crippen LogP contribution in [0.5, 0.6) is 11.5 Å². The summed E-state index contributed by atoms with van der Waals surface area (Å²) in [5.41, 5.74) is 4.20. The third-order valence-electron chi connectivity index (χ3n) is 7.19. The first kappa shape index (κ1) is 30.7. The number of urea groups is 1. The number of rotatable bonds is 7. The highest BCUT2D eigenvalue weighted by atomic mass is 19.4. The third-order valence-corrected chi connectivity index (χ3v) is 7.19. The Labute approximate surface area is 252 Å². The maximum atomic E-state index is 13.5. The average Bonchev–Trinajstić information content (AvgIpc) is 3.36. The van der Waals surface area contributed by atoms with E-state index in [4.69, 9.17) is 4.74 Å². The Hall–Kier alpha value is -4.74. The maximum absolute atomic E-state index is 13.5. The molecule has 0 atom stereocenters. The number of imidazole rings is 1. The number of H-pyrrole nitrogens is 1. The summed E-state index contributed by atoms with van der Waals surface area (Å²) in [6.45, 7) is 6.49. The summed E-state index contributed by atoms with van der Waals surface area (Å²) in [7, 11) is 1.59. The molecule has 3 aromatic carbocycles. The zero-order chi connectivity index (χ0) is 31.6. The molecule has 0 unspecified atom stereocenters. The number of carbonyl (C=O) groups excluding carboxylic acids is 2. The fourth-order valence-electron chi connectivity index (χ4n) is 5.27. The number of carbonyl (C=O) groups is 2. The van der Waals surface area contributed by atoms with Gasteiger partial charge in [-0.25, -0.2) is 9.78 Å². The van der Waals surface area contributed by atoms with Gasteiger partial charge in [0.2, 0.25) is 0 Å². The van der Waals surface area contributed by atoms with E-state index in [1.165, 1.54) is 18.2 Å². The Kier molecular flexibility index (Phi) is 8.44. The van der Waals surface area contributed by atoms with Gasteiger partial charge in [-0.15, -0.1) is 13.2 Å². The molecule has 0 fully saturated rings. The van der Waals surface area contributed by atoms with E-state index < -0.39 is 11.9 Å². The minimum atomic E-state index is -4.82. The molecule has 232 valence electrons. The van der Waals surface area contributed by atoms with Crippen molar-refractivity contribution in [3.05, 3.63) is 77.1 Å². The molecule has 0 spiro atoms. The van der Waals surface area contributed by atoms with E-state index in [1.54, 1.807) is 30.2 Å². The maximum Gasteiger partial charge on any atom is 0.573 e. The first-order valence-electron chi connectivity index (χ1n) is 14.2. The van der Waals surface area contributed by atoms with E-state index in [-0.39, 0.29) is 24.2 Å². The molecule has 1 aliphatic rings. The number of alkyl halides is 3. The number of halogens is 3. The van der Waals surface area contributed by atoms with Crippen molar-refractivity contribution in [2.75, 3.05) is 20.2 Å². The number of nitrogens with one attached hydrogen (secondary N) is 3. The van der Waals surface area contributed by atoms with Crippen molar-refractivity contribution in [2.24, 2.45) is 0 Å². The predicted octanol–water partition coefficient (Wildman–Crippen LogP) is 5.98. The van der Waals surface area contributed by atoms with Crippen LogP contribution in [0.15, 0.2) is 54.6 Å². The first-order valence-corrected chi connectivity index (χ1v) is 14.2. The summed E-state index contributed by atoms with van der Waals surface area (Å²) in [5.74, 6) is 0.755. The molecule has 3 N–H and O–H groups in total. The van der Waals surface area contributed by atoms with Crippen LogP contribution in [0.25, 0.3) is 22.2 Å². The largest absolute Gasteiger partial charge is 0.573 e. The van der Waals surface area contributed by atoms with Gasteiger partial charge in [0, 0.05) is 43.2 Å². The van der Waals surface area contributed by atoms with Crippen LogP contribution >= 0.6 is 0 Å². The van der Waals surface area contributed by atoms with Gasteiger partial charge in [-0.3, -0.25) is 4.79 Å². The molecule has 2 heterocycles. The van der Waals surface area contributed by atoms with Gasteiger partial charge >= 0.3 is 12.4 Å². The van der Waals surface area contributed by atoms with Crippen LogP contribution in [0.1, 0.15) is 48.1 Å². The van der Waals surface area contributed by atoms with Crippen molar-refractivity contribution < 1.29 is 32.2 Å². The molecule has 1 aliphatic heterocycles. The van der Waals surface area contributed by atoms with E-state index in [9.17, 15) is 22.8 Å². The van der Waals surface area contributed by atoms with Gasteiger partial charge in [0.15, 0.2) is 0 Å². The standard InChI is InChI=1S/C32H34F3N5O4/c1-31(2,3)39-30(42)40-15-13-23-22(19-6-5-7-21(16-19)44-32(33,34)35)9-10-24(25(23)18-40)29(41)36-14-12-28-37-26-11-8-20(43-4)17-27(26)38-28/h5-11,16-17H,12-15,18H2,1-4H3,(H,36,41)(H,37,38)(H,39,42). The second-order valence-electron chi connectivity index (χ2n) is 11.6. The molecule has 4 aromatic rings. The number of aromatic amines is 1. The molecule has 1 aromatic heterocycles. The second kappa shape index (κ2) is 12.1. The van der Waals surface area contributed by atoms with Crippen LogP contribution < -0.4 is 20.1 Å². The van der Waals surface area contributed by atoms with Gasteiger partial charge in [0.25, 0.3) is 5.91 Å². The van der Waals surface area contributed by atoms with Crippen molar-refractivity contribution in [2.45, 2.75) is 52.1 Å². The molecule has 44 heavy (non-hydrogen) atoms. The fourth-order valence-corrected chi connectivity index (χ4v) is 5.27. The Bertz CT molecular complexity index is 1690. The average molecular weight is 610 g/mol. The minimum absolute atomic E-state index is 0.165. The van der Waals surface area contributed by atoms with Gasteiger partial charge in [0.1, 0.15) is 17.3 Å². The molecule has 9 nitrogen and oxygen atoms in total. The lowest BCUT2D eigenvalue weighted by Crippen LogP contribution is -2.50. The van der Waals surface area contributed by atoms with Crippen molar-refractivity contribution in [1.82, 2.24) is 25.5 Å². The molecule has 5 rings (SSSR count). The van der Waals surface area contributed by atoms with Gasteiger partial charge in [-0.1, -0.05) is 18.2 Å².